The molecule has 0 aromatic rings. The van der Waals surface area contributed by atoms with Gasteiger partial charge in [-0.3, -0.25) is 4.79 Å². The Morgan fingerprint density at radius 3 is 2.39 bits per heavy atom. The number of hydrogen-bond donors (Lipinski definition) is 0. The van der Waals surface area contributed by atoms with E-state index < -0.39 is 0 Å². The number of rotatable bonds is 11. The molecule has 6 nitrogen and oxygen atoms in total. The third-order valence-corrected chi connectivity index (χ3v) is 5.82. The van der Waals surface area contributed by atoms with Crippen LogP contribution < -0.4 is 0 Å². The number of allylic oxidation sites excluding steroid dienone is 1. The summed E-state index contributed by atoms with van der Waals surface area (Å²) < 4.78 is 10.4. The molecular formula is C22H36N2O4. The summed E-state index contributed by atoms with van der Waals surface area (Å²) in [5.74, 6) is -0.0537. The maximum atomic E-state index is 12.5. The van der Waals surface area contributed by atoms with Gasteiger partial charge in [0.1, 0.15) is 5.78 Å². The highest BCUT2D eigenvalue weighted by Crippen LogP contribution is 2.36. The van der Waals surface area contributed by atoms with Crippen LogP contribution in [0.5, 0.6) is 0 Å². The zero-order chi connectivity index (χ0) is 20.5. The lowest BCUT2D eigenvalue weighted by Gasteiger charge is -2.35. The summed E-state index contributed by atoms with van der Waals surface area (Å²) in [6, 6.07) is 0.422. The first-order chi connectivity index (χ1) is 13.5. The molecule has 6 heteroatoms. The summed E-state index contributed by atoms with van der Waals surface area (Å²) in [5.41, 5.74) is 1.23. The van der Waals surface area contributed by atoms with Gasteiger partial charge in [0.15, 0.2) is 0 Å². The number of Topliss-reactive ketones (excluding diaryl/α,β-unsaturated/α-hetero) is 1. The minimum atomic E-state index is -0.346. The third-order valence-electron chi connectivity index (χ3n) is 5.82. The molecule has 28 heavy (non-hydrogen) atoms. The van der Waals surface area contributed by atoms with Crippen molar-refractivity contribution in [1.82, 2.24) is 4.90 Å². The first kappa shape index (κ1) is 22.4. The van der Waals surface area contributed by atoms with Crippen molar-refractivity contribution in [3.8, 4) is 0 Å². The van der Waals surface area contributed by atoms with Gasteiger partial charge in [0, 0.05) is 18.9 Å². The molecule has 2 rings (SSSR count). The third kappa shape index (κ3) is 5.58. The highest BCUT2D eigenvalue weighted by atomic mass is 16.5. The fourth-order valence-corrected chi connectivity index (χ4v) is 4.35. The van der Waals surface area contributed by atoms with Crippen molar-refractivity contribution in [3.05, 3.63) is 11.3 Å². The summed E-state index contributed by atoms with van der Waals surface area (Å²) >= 11 is 0. The number of amidine groups is 1. The minimum absolute atomic E-state index is 0.0357. The Kier molecular flexibility index (Phi) is 9.00. The minimum Gasteiger partial charge on any atom is -0.468 e. The number of carbonyl (C=O) groups excluding carboxylic acids is 2. The van der Waals surface area contributed by atoms with Crippen LogP contribution in [0, 0.1) is 0 Å². The van der Waals surface area contributed by atoms with Crippen LogP contribution in [0.25, 0.3) is 0 Å². The largest absolute Gasteiger partial charge is 0.468 e. The standard InChI is InChI=1S/C22H36N2O4/c1-5-6-7-8-9-10-11-12-18(25)15-17-13-14-19-20(21(26)27-3)16(2)23-22(28-4)24(17)19/h17,19H,5-15H2,1-4H3/t17-,19-/m0/s1. The molecule has 0 radical (unpaired) electrons. The van der Waals surface area contributed by atoms with Gasteiger partial charge in [-0.25, -0.2) is 9.79 Å². The zero-order valence-electron chi connectivity index (χ0n) is 18.0. The molecule has 0 aromatic heterocycles. The molecule has 0 aliphatic carbocycles. The summed E-state index contributed by atoms with van der Waals surface area (Å²) in [6.45, 7) is 4.03. The van der Waals surface area contributed by atoms with E-state index in [9.17, 15) is 9.59 Å². The average Bonchev–Trinajstić information content (AvgIpc) is 3.09. The number of ether oxygens (including phenoxy) is 2. The number of hydrogen-bond acceptors (Lipinski definition) is 6. The molecule has 0 saturated carbocycles. The Morgan fingerprint density at radius 1 is 1.07 bits per heavy atom. The first-order valence-corrected chi connectivity index (χ1v) is 10.7. The number of unbranched alkanes of at least 4 members (excludes halogenated alkanes) is 6. The van der Waals surface area contributed by atoms with E-state index >= 15 is 0 Å². The number of fused-ring (bicyclic) bond motifs is 1. The number of esters is 1. The molecular weight excluding hydrogens is 356 g/mol. The van der Waals surface area contributed by atoms with Crippen molar-refractivity contribution in [2.24, 2.45) is 4.99 Å². The molecule has 0 unspecified atom stereocenters. The smallest absolute Gasteiger partial charge is 0.337 e. The molecule has 0 N–H and O–H groups in total. The van der Waals surface area contributed by atoms with Gasteiger partial charge in [0.2, 0.25) is 0 Å². The van der Waals surface area contributed by atoms with Crippen LogP contribution in [-0.2, 0) is 19.1 Å². The lowest BCUT2D eigenvalue weighted by molar-refractivity contribution is -0.136. The van der Waals surface area contributed by atoms with Crippen molar-refractivity contribution >= 4 is 17.8 Å². The van der Waals surface area contributed by atoms with E-state index in [0.29, 0.717) is 35.9 Å². The average molecular weight is 393 g/mol. The molecule has 0 spiro atoms. The molecule has 2 aliphatic heterocycles. The van der Waals surface area contributed by atoms with Crippen LogP contribution in [0.15, 0.2) is 16.3 Å². The summed E-state index contributed by atoms with van der Waals surface area (Å²) in [4.78, 5) is 31.2. The quantitative estimate of drug-likeness (QED) is 0.385. The number of nitrogens with zero attached hydrogens (tertiary/aromatic N) is 2. The lowest BCUT2D eigenvalue weighted by Crippen LogP contribution is -2.47. The molecule has 2 atom stereocenters. The Bertz CT molecular complexity index is 612. The van der Waals surface area contributed by atoms with E-state index in [0.717, 1.165) is 25.7 Å². The molecule has 158 valence electrons. The fraction of sp³-hybridized carbons (Fsp3) is 0.773. The second-order valence-corrected chi connectivity index (χ2v) is 7.86. The molecule has 0 amide bonds. The van der Waals surface area contributed by atoms with Crippen LogP contribution in [0.4, 0.5) is 0 Å². The first-order valence-electron chi connectivity index (χ1n) is 10.7. The topological polar surface area (TPSA) is 68.2 Å². The molecule has 0 bridgehead atoms. The van der Waals surface area contributed by atoms with E-state index in [2.05, 4.69) is 11.9 Å². The lowest BCUT2D eigenvalue weighted by atomic mass is 10.0. The Morgan fingerprint density at radius 2 is 1.75 bits per heavy atom. The Labute approximate surface area is 169 Å². The van der Waals surface area contributed by atoms with E-state index in [1.165, 1.54) is 39.2 Å². The normalized spacial score (nSPS) is 21.4. The zero-order valence-corrected chi connectivity index (χ0v) is 18.0. The Balaban J connectivity index is 1.88. The van der Waals surface area contributed by atoms with Gasteiger partial charge in [-0.1, -0.05) is 45.4 Å². The van der Waals surface area contributed by atoms with E-state index in [1.54, 1.807) is 7.11 Å². The van der Waals surface area contributed by atoms with Crippen molar-refractivity contribution < 1.29 is 19.1 Å². The molecule has 2 aliphatic rings. The van der Waals surface area contributed by atoms with Gasteiger partial charge < -0.3 is 14.4 Å². The predicted molar refractivity (Wildman–Crippen MR) is 110 cm³/mol. The van der Waals surface area contributed by atoms with Crippen molar-refractivity contribution in [2.75, 3.05) is 14.2 Å². The van der Waals surface area contributed by atoms with Gasteiger partial charge in [-0.15, -0.1) is 0 Å². The fourth-order valence-electron chi connectivity index (χ4n) is 4.35. The SMILES string of the molecule is CCCCCCCCCC(=O)C[C@@H]1CC[C@H]2C(C(=O)OC)=C(C)N=C(OC)N12. The van der Waals surface area contributed by atoms with Crippen molar-refractivity contribution in [3.63, 3.8) is 0 Å². The van der Waals surface area contributed by atoms with Gasteiger partial charge in [-0.2, -0.15) is 0 Å². The molecule has 1 saturated heterocycles. The van der Waals surface area contributed by atoms with Crippen LogP contribution >= 0.6 is 0 Å². The molecule has 1 fully saturated rings. The second kappa shape index (κ2) is 11.2. The number of ketones is 1. The van der Waals surface area contributed by atoms with Gasteiger partial charge in [0.05, 0.1) is 31.5 Å². The maximum Gasteiger partial charge on any atom is 0.337 e. The predicted octanol–water partition coefficient (Wildman–Crippen LogP) is 4.38. The Hall–Kier alpha value is -1.85. The van der Waals surface area contributed by atoms with E-state index in [1.807, 2.05) is 11.8 Å². The summed E-state index contributed by atoms with van der Waals surface area (Å²) in [6.07, 6.45) is 11.3. The number of methoxy groups -OCH3 is 2. The highest BCUT2D eigenvalue weighted by molar-refractivity contribution is 5.94. The van der Waals surface area contributed by atoms with Crippen molar-refractivity contribution in [2.45, 2.75) is 96.6 Å². The second-order valence-electron chi connectivity index (χ2n) is 7.86. The highest BCUT2D eigenvalue weighted by Gasteiger charge is 2.44. The summed E-state index contributed by atoms with van der Waals surface area (Å²) in [7, 11) is 2.97. The van der Waals surface area contributed by atoms with Gasteiger partial charge in [-0.05, 0) is 26.2 Å². The van der Waals surface area contributed by atoms with Gasteiger partial charge in [0.25, 0.3) is 6.02 Å². The van der Waals surface area contributed by atoms with Crippen LogP contribution in [0.2, 0.25) is 0 Å². The van der Waals surface area contributed by atoms with E-state index in [4.69, 9.17) is 9.47 Å². The monoisotopic (exact) mass is 392 g/mol. The van der Waals surface area contributed by atoms with Crippen LogP contribution in [-0.4, -0.2) is 49.0 Å². The van der Waals surface area contributed by atoms with E-state index in [-0.39, 0.29) is 18.1 Å². The summed E-state index contributed by atoms with van der Waals surface area (Å²) in [5, 5.41) is 0. The molecule has 0 aromatic carbocycles. The maximum absolute atomic E-state index is 12.5. The van der Waals surface area contributed by atoms with Crippen molar-refractivity contribution in [1.29, 1.82) is 0 Å². The van der Waals surface area contributed by atoms with Crippen LogP contribution in [0.1, 0.15) is 84.5 Å². The van der Waals surface area contributed by atoms with Crippen LogP contribution in [0.3, 0.4) is 0 Å². The number of aliphatic imine (C=N–C) groups is 1. The number of carbonyl (C=O) groups is 2. The molecule has 2 heterocycles. The van der Waals surface area contributed by atoms with Gasteiger partial charge >= 0.3 is 5.97 Å².